The molecule has 0 saturated heterocycles. The summed E-state index contributed by atoms with van der Waals surface area (Å²) in [6.45, 7) is 4.20. The fraction of sp³-hybridized carbons (Fsp3) is 0.0769. The van der Waals surface area contributed by atoms with Crippen LogP contribution in [0.4, 0.5) is 22.7 Å². The Bertz CT molecular complexity index is 943. The molecular weight excluding hydrogens is 368 g/mol. The highest BCUT2D eigenvalue weighted by Crippen LogP contribution is 2.34. The van der Waals surface area contributed by atoms with E-state index in [-0.39, 0.29) is 11.4 Å². The van der Waals surface area contributed by atoms with Gasteiger partial charge in [-0.3, -0.25) is 10.8 Å². The van der Waals surface area contributed by atoms with E-state index in [9.17, 15) is 0 Å². The molecule has 4 nitrogen and oxygen atoms in total. The first-order valence-electron chi connectivity index (χ1n) is 9.75. The van der Waals surface area contributed by atoms with Gasteiger partial charge in [0, 0.05) is 22.7 Å². The van der Waals surface area contributed by atoms with Crippen molar-refractivity contribution in [3.8, 4) is 0 Å². The van der Waals surface area contributed by atoms with E-state index in [0.717, 1.165) is 22.7 Å². The van der Waals surface area contributed by atoms with Gasteiger partial charge in [0.1, 0.15) is 0 Å². The zero-order chi connectivity index (χ0) is 21.5. The molecule has 0 fully saturated rings. The summed E-state index contributed by atoms with van der Waals surface area (Å²) < 4.78 is 0. The maximum Gasteiger partial charge on any atom is 0.0789 e. The lowest BCUT2D eigenvalue weighted by molar-refractivity contribution is 1.27. The standard InChI is InChI=1S/C20H20N2.C6H6N2/c1-15-3-9-18(10-4-15)22(19-11-5-16(2)6-12-19)20-13-7-17(21)8-14-20;7-5-3-1-2-4-6(5)8/h3-14H,21H2,1-2H3;1-4,7-8H. The first kappa shape index (κ1) is 20.8. The Labute approximate surface area is 178 Å². The first-order chi connectivity index (χ1) is 14.4. The van der Waals surface area contributed by atoms with Crippen LogP contribution in [0.25, 0.3) is 0 Å². The Morgan fingerprint density at radius 1 is 0.567 bits per heavy atom. The molecule has 0 spiro atoms. The van der Waals surface area contributed by atoms with Gasteiger partial charge in [-0.1, -0.05) is 47.5 Å². The van der Waals surface area contributed by atoms with Crippen molar-refractivity contribution in [3.05, 3.63) is 108 Å². The molecule has 0 atom stereocenters. The van der Waals surface area contributed by atoms with Gasteiger partial charge in [0.25, 0.3) is 0 Å². The molecule has 4 rings (SSSR count). The maximum atomic E-state index is 7.03. The molecule has 0 aliphatic heterocycles. The number of nitrogens with one attached hydrogen (secondary N) is 2. The van der Waals surface area contributed by atoms with Gasteiger partial charge >= 0.3 is 0 Å². The molecule has 0 bridgehead atoms. The van der Waals surface area contributed by atoms with Crippen LogP contribution in [0.5, 0.6) is 0 Å². The van der Waals surface area contributed by atoms with Crippen molar-refractivity contribution in [2.75, 3.05) is 10.6 Å². The Hall–Kier alpha value is -3.92. The summed E-state index contributed by atoms with van der Waals surface area (Å²) >= 11 is 0. The third-order valence-electron chi connectivity index (χ3n) is 4.66. The molecular formula is C26H26N4. The molecule has 0 saturated carbocycles. The minimum atomic E-state index is 0.285. The number of allylic oxidation sites excluding steroid dienone is 4. The number of aryl methyl sites for hydroxylation is 2. The molecule has 4 heteroatoms. The monoisotopic (exact) mass is 394 g/mol. The van der Waals surface area contributed by atoms with Crippen LogP contribution >= 0.6 is 0 Å². The third-order valence-corrected chi connectivity index (χ3v) is 4.66. The molecule has 150 valence electrons. The number of rotatable bonds is 3. The van der Waals surface area contributed by atoms with Gasteiger partial charge in [0.05, 0.1) is 11.4 Å². The lowest BCUT2D eigenvalue weighted by Crippen LogP contribution is -2.09. The fourth-order valence-corrected chi connectivity index (χ4v) is 2.94. The predicted molar refractivity (Wildman–Crippen MR) is 129 cm³/mol. The van der Waals surface area contributed by atoms with Crippen molar-refractivity contribution in [2.24, 2.45) is 0 Å². The summed E-state index contributed by atoms with van der Waals surface area (Å²) in [5, 5.41) is 14.1. The molecule has 0 heterocycles. The van der Waals surface area contributed by atoms with Gasteiger partial charge in [0.15, 0.2) is 0 Å². The van der Waals surface area contributed by atoms with Gasteiger partial charge in [-0.05, 0) is 74.5 Å². The minimum absolute atomic E-state index is 0.285. The van der Waals surface area contributed by atoms with Crippen molar-refractivity contribution in [1.29, 1.82) is 10.8 Å². The topological polar surface area (TPSA) is 77.0 Å². The van der Waals surface area contributed by atoms with Crippen molar-refractivity contribution >= 4 is 34.2 Å². The number of nitrogens with zero attached hydrogens (tertiary/aromatic N) is 1. The second-order valence-corrected chi connectivity index (χ2v) is 7.14. The van der Waals surface area contributed by atoms with E-state index in [1.807, 2.05) is 12.1 Å². The van der Waals surface area contributed by atoms with Gasteiger partial charge in [0.2, 0.25) is 0 Å². The summed E-state index contributed by atoms with van der Waals surface area (Å²) in [7, 11) is 0. The average Bonchev–Trinajstić information content (AvgIpc) is 2.75. The van der Waals surface area contributed by atoms with Crippen LogP contribution in [0.2, 0.25) is 0 Å². The molecule has 0 aromatic heterocycles. The summed E-state index contributed by atoms with van der Waals surface area (Å²) in [5.74, 6) is 0. The highest BCUT2D eigenvalue weighted by Gasteiger charge is 2.11. The number of anilines is 4. The number of nitrogen functional groups attached to an aromatic ring is 1. The third kappa shape index (κ3) is 5.32. The smallest absolute Gasteiger partial charge is 0.0789 e. The lowest BCUT2D eigenvalue weighted by atomic mass is 10.1. The van der Waals surface area contributed by atoms with Crippen molar-refractivity contribution in [3.63, 3.8) is 0 Å². The van der Waals surface area contributed by atoms with E-state index < -0.39 is 0 Å². The molecule has 30 heavy (non-hydrogen) atoms. The van der Waals surface area contributed by atoms with Crippen LogP contribution in [0.3, 0.4) is 0 Å². The van der Waals surface area contributed by atoms with Crippen LogP contribution < -0.4 is 10.6 Å². The Morgan fingerprint density at radius 3 is 1.23 bits per heavy atom. The molecule has 0 amide bonds. The van der Waals surface area contributed by atoms with Gasteiger partial charge in [-0.2, -0.15) is 0 Å². The second-order valence-electron chi connectivity index (χ2n) is 7.14. The Morgan fingerprint density at radius 2 is 0.900 bits per heavy atom. The number of hydrogen-bond acceptors (Lipinski definition) is 4. The number of nitrogens with two attached hydrogens (primary N) is 1. The number of hydrogen-bond donors (Lipinski definition) is 3. The summed E-state index contributed by atoms with van der Waals surface area (Å²) in [6.07, 6.45) is 6.70. The maximum absolute atomic E-state index is 7.03. The van der Waals surface area contributed by atoms with E-state index in [2.05, 4.69) is 79.4 Å². The van der Waals surface area contributed by atoms with E-state index in [1.165, 1.54) is 11.1 Å². The fourth-order valence-electron chi connectivity index (χ4n) is 2.94. The SMILES string of the molecule is Cc1ccc(N(c2ccc(C)cc2)c2ccc(N)cc2)cc1.N=C1C=CC=CC1=N. The molecule has 1 aliphatic carbocycles. The molecule has 0 unspecified atom stereocenters. The van der Waals surface area contributed by atoms with Gasteiger partial charge in [-0.25, -0.2) is 0 Å². The summed E-state index contributed by atoms with van der Waals surface area (Å²) in [6, 6.07) is 25.1. The van der Waals surface area contributed by atoms with Crippen LogP contribution in [-0.4, -0.2) is 11.4 Å². The van der Waals surface area contributed by atoms with E-state index in [4.69, 9.17) is 16.6 Å². The Kier molecular flexibility index (Phi) is 6.60. The van der Waals surface area contributed by atoms with Crippen molar-refractivity contribution in [1.82, 2.24) is 0 Å². The van der Waals surface area contributed by atoms with Crippen LogP contribution in [0.15, 0.2) is 97.1 Å². The zero-order valence-corrected chi connectivity index (χ0v) is 17.3. The Balaban J connectivity index is 0.000000269. The lowest BCUT2D eigenvalue weighted by Gasteiger charge is -2.25. The number of benzene rings is 3. The normalized spacial score (nSPS) is 12.3. The average molecular weight is 395 g/mol. The summed E-state index contributed by atoms with van der Waals surface area (Å²) in [4.78, 5) is 2.23. The molecule has 1 aliphatic rings. The molecule has 3 aromatic rings. The van der Waals surface area contributed by atoms with Crippen LogP contribution in [0.1, 0.15) is 11.1 Å². The molecule has 3 aromatic carbocycles. The van der Waals surface area contributed by atoms with Crippen molar-refractivity contribution < 1.29 is 0 Å². The van der Waals surface area contributed by atoms with Crippen molar-refractivity contribution in [2.45, 2.75) is 13.8 Å². The molecule has 4 N–H and O–H groups in total. The largest absolute Gasteiger partial charge is 0.399 e. The zero-order valence-electron chi connectivity index (χ0n) is 17.3. The van der Waals surface area contributed by atoms with E-state index in [1.54, 1.807) is 24.3 Å². The second kappa shape index (κ2) is 9.52. The quantitative estimate of drug-likeness (QED) is 0.350. The van der Waals surface area contributed by atoms with E-state index in [0.29, 0.717) is 0 Å². The van der Waals surface area contributed by atoms with Crippen LogP contribution in [0, 0.1) is 24.7 Å². The van der Waals surface area contributed by atoms with Crippen LogP contribution in [-0.2, 0) is 0 Å². The highest BCUT2D eigenvalue weighted by atomic mass is 15.1. The van der Waals surface area contributed by atoms with E-state index >= 15 is 0 Å². The highest BCUT2D eigenvalue weighted by molar-refractivity contribution is 6.48. The molecule has 0 radical (unpaired) electrons. The minimum Gasteiger partial charge on any atom is -0.399 e. The van der Waals surface area contributed by atoms with Gasteiger partial charge < -0.3 is 10.6 Å². The summed E-state index contributed by atoms with van der Waals surface area (Å²) in [5.41, 5.74) is 13.1. The van der Waals surface area contributed by atoms with Gasteiger partial charge in [-0.15, -0.1) is 0 Å². The first-order valence-corrected chi connectivity index (χ1v) is 9.75. The predicted octanol–water partition coefficient (Wildman–Crippen LogP) is 6.51.